The number of fused-ring (bicyclic) bond motifs is 1. The van der Waals surface area contributed by atoms with Gasteiger partial charge in [0.2, 0.25) is 5.91 Å². The van der Waals surface area contributed by atoms with Crippen molar-refractivity contribution >= 4 is 40.0 Å². The van der Waals surface area contributed by atoms with E-state index in [1.807, 2.05) is 0 Å². The van der Waals surface area contributed by atoms with E-state index in [4.69, 9.17) is 4.74 Å². The number of hydrogen-bond donors (Lipinski definition) is 1. The van der Waals surface area contributed by atoms with Gasteiger partial charge in [0.05, 0.1) is 18.4 Å². The number of rotatable bonds is 6. The van der Waals surface area contributed by atoms with Crippen molar-refractivity contribution in [3.63, 3.8) is 0 Å². The number of carbonyl (C=O) groups is 2. The number of benzene rings is 1. The van der Waals surface area contributed by atoms with E-state index in [-0.39, 0.29) is 17.5 Å². The molecule has 1 amide bonds. The Hall–Kier alpha value is -1.86. The highest BCUT2D eigenvalue weighted by Gasteiger charge is 2.26. The lowest BCUT2D eigenvalue weighted by molar-refractivity contribution is -0.113. The fourth-order valence-electron chi connectivity index (χ4n) is 2.98. The summed E-state index contributed by atoms with van der Waals surface area (Å²) in [6, 6.07) is 6.25. The van der Waals surface area contributed by atoms with E-state index in [9.17, 15) is 14.0 Å². The minimum Gasteiger partial charge on any atom is -0.465 e. The van der Waals surface area contributed by atoms with Gasteiger partial charge in [0.25, 0.3) is 0 Å². The molecule has 1 aromatic heterocycles. The summed E-state index contributed by atoms with van der Waals surface area (Å²) in [5, 5.41) is 3.47. The number of halogens is 1. The van der Waals surface area contributed by atoms with Crippen molar-refractivity contribution < 1.29 is 18.7 Å². The molecule has 0 unspecified atom stereocenters. The van der Waals surface area contributed by atoms with Gasteiger partial charge in [-0.25, -0.2) is 9.18 Å². The molecule has 1 aromatic carbocycles. The number of amides is 1. The first-order valence-electron chi connectivity index (χ1n) is 8.43. The number of thioether (sulfide) groups is 1. The van der Waals surface area contributed by atoms with Crippen LogP contribution in [0.2, 0.25) is 0 Å². The summed E-state index contributed by atoms with van der Waals surface area (Å²) < 4.78 is 17.8. The number of nitrogens with one attached hydrogen (secondary N) is 1. The Balaban J connectivity index is 1.62. The fourth-order valence-corrected chi connectivity index (χ4v) is 5.06. The molecule has 7 heteroatoms. The zero-order valence-electron chi connectivity index (χ0n) is 14.5. The molecular weight excluding hydrogens is 373 g/mol. The summed E-state index contributed by atoms with van der Waals surface area (Å²) in [5.74, 6) is 0.0759. The summed E-state index contributed by atoms with van der Waals surface area (Å²) in [4.78, 5) is 25.6. The molecule has 1 aliphatic rings. The van der Waals surface area contributed by atoms with E-state index >= 15 is 0 Å². The van der Waals surface area contributed by atoms with E-state index in [2.05, 4.69) is 5.32 Å². The van der Waals surface area contributed by atoms with Crippen LogP contribution in [0.4, 0.5) is 9.39 Å². The number of esters is 1. The summed E-state index contributed by atoms with van der Waals surface area (Å²) in [7, 11) is 1.36. The van der Waals surface area contributed by atoms with Crippen molar-refractivity contribution in [3.8, 4) is 0 Å². The average Bonchev–Trinajstić information content (AvgIpc) is 3.00. The standard InChI is InChI=1S/C19H20FNO3S2/c1-24-19(23)17-14-4-2-3-5-15(14)26-18(17)21-16(22)11-25-10-12-6-8-13(20)9-7-12/h6-9H,2-5,10-11H2,1H3,(H,21,22). The van der Waals surface area contributed by atoms with Crippen molar-refractivity contribution in [1.82, 2.24) is 0 Å². The summed E-state index contributed by atoms with van der Waals surface area (Å²) in [6.45, 7) is 0. The summed E-state index contributed by atoms with van der Waals surface area (Å²) in [5.41, 5.74) is 2.51. The third kappa shape index (κ3) is 4.45. The number of anilines is 1. The molecule has 3 rings (SSSR count). The van der Waals surface area contributed by atoms with Crippen LogP contribution >= 0.6 is 23.1 Å². The molecule has 26 heavy (non-hydrogen) atoms. The van der Waals surface area contributed by atoms with Crippen LogP contribution in [0.1, 0.15) is 39.2 Å². The van der Waals surface area contributed by atoms with Crippen LogP contribution in [-0.2, 0) is 28.1 Å². The normalized spacial score (nSPS) is 13.2. The van der Waals surface area contributed by atoms with Gasteiger partial charge in [0, 0.05) is 10.6 Å². The second kappa shape index (κ2) is 8.68. The SMILES string of the molecule is COC(=O)c1c(NC(=O)CSCc2ccc(F)cc2)sc2c1CCCC2. The lowest BCUT2D eigenvalue weighted by Crippen LogP contribution is -2.16. The molecule has 1 heterocycles. The van der Waals surface area contributed by atoms with Gasteiger partial charge in [-0.1, -0.05) is 12.1 Å². The predicted molar refractivity (Wildman–Crippen MR) is 103 cm³/mol. The monoisotopic (exact) mass is 393 g/mol. The zero-order valence-corrected chi connectivity index (χ0v) is 16.1. The number of hydrogen-bond acceptors (Lipinski definition) is 5. The number of carbonyl (C=O) groups excluding carboxylic acids is 2. The van der Waals surface area contributed by atoms with Gasteiger partial charge in [0.15, 0.2) is 0 Å². The quantitative estimate of drug-likeness (QED) is 0.738. The van der Waals surface area contributed by atoms with Gasteiger partial charge in [-0.15, -0.1) is 23.1 Å². The third-order valence-corrected chi connectivity index (χ3v) is 6.44. The number of thiophene rings is 1. The Kier molecular flexibility index (Phi) is 6.32. The van der Waals surface area contributed by atoms with E-state index in [0.29, 0.717) is 16.3 Å². The Labute approximate surface area is 160 Å². The highest BCUT2D eigenvalue weighted by Crippen LogP contribution is 2.38. The van der Waals surface area contributed by atoms with Crippen LogP contribution in [-0.4, -0.2) is 24.7 Å². The molecular formula is C19H20FNO3S2. The van der Waals surface area contributed by atoms with Crippen molar-refractivity contribution in [2.24, 2.45) is 0 Å². The maximum Gasteiger partial charge on any atom is 0.341 e. The van der Waals surface area contributed by atoms with Gasteiger partial charge in [0.1, 0.15) is 10.8 Å². The highest BCUT2D eigenvalue weighted by atomic mass is 32.2. The van der Waals surface area contributed by atoms with Gasteiger partial charge >= 0.3 is 5.97 Å². The number of ether oxygens (including phenoxy) is 1. The highest BCUT2D eigenvalue weighted by molar-refractivity contribution is 7.99. The second-order valence-corrected chi connectivity index (χ2v) is 8.16. The second-order valence-electron chi connectivity index (χ2n) is 6.07. The Bertz CT molecular complexity index is 802. The Morgan fingerprint density at radius 3 is 2.69 bits per heavy atom. The first-order valence-corrected chi connectivity index (χ1v) is 10.4. The van der Waals surface area contributed by atoms with E-state index in [0.717, 1.165) is 36.8 Å². The maximum atomic E-state index is 12.9. The molecule has 2 aromatic rings. The van der Waals surface area contributed by atoms with Gasteiger partial charge in [-0.05, 0) is 48.9 Å². The minimum absolute atomic E-state index is 0.152. The van der Waals surface area contributed by atoms with Crippen LogP contribution < -0.4 is 5.32 Å². The topological polar surface area (TPSA) is 55.4 Å². The van der Waals surface area contributed by atoms with Crippen molar-refractivity contribution in [2.75, 3.05) is 18.2 Å². The summed E-state index contributed by atoms with van der Waals surface area (Å²) >= 11 is 2.93. The molecule has 0 spiro atoms. The smallest absolute Gasteiger partial charge is 0.341 e. The van der Waals surface area contributed by atoms with Crippen molar-refractivity contribution in [3.05, 3.63) is 51.7 Å². The molecule has 0 saturated heterocycles. The lowest BCUT2D eigenvalue weighted by atomic mass is 9.95. The minimum atomic E-state index is -0.390. The Morgan fingerprint density at radius 1 is 1.23 bits per heavy atom. The predicted octanol–water partition coefficient (Wildman–Crippen LogP) is 4.42. The van der Waals surface area contributed by atoms with Gasteiger partial charge < -0.3 is 10.1 Å². The van der Waals surface area contributed by atoms with E-state index in [1.165, 1.54) is 47.2 Å². The van der Waals surface area contributed by atoms with Gasteiger partial charge in [-0.3, -0.25) is 4.79 Å². The first kappa shape index (κ1) is 18.9. The van der Waals surface area contributed by atoms with Crippen LogP contribution in [0.5, 0.6) is 0 Å². The van der Waals surface area contributed by atoms with Crippen molar-refractivity contribution in [1.29, 1.82) is 0 Å². The maximum absolute atomic E-state index is 12.9. The van der Waals surface area contributed by atoms with Gasteiger partial charge in [-0.2, -0.15) is 0 Å². The molecule has 138 valence electrons. The molecule has 1 aliphatic carbocycles. The van der Waals surface area contributed by atoms with Crippen molar-refractivity contribution in [2.45, 2.75) is 31.4 Å². The largest absolute Gasteiger partial charge is 0.465 e. The van der Waals surface area contributed by atoms with E-state index < -0.39 is 5.97 Å². The lowest BCUT2D eigenvalue weighted by Gasteiger charge is -2.11. The zero-order chi connectivity index (χ0) is 18.5. The number of methoxy groups -OCH3 is 1. The molecule has 1 N–H and O–H groups in total. The average molecular weight is 394 g/mol. The molecule has 4 nitrogen and oxygen atoms in total. The third-order valence-electron chi connectivity index (χ3n) is 4.23. The Morgan fingerprint density at radius 2 is 1.96 bits per heavy atom. The van der Waals surface area contributed by atoms with Crippen LogP contribution in [0, 0.1) is 5.82 Å². The molecule has 0 atom stereocenters. The number of aryl methyl sites for hydroxylation is 1. The fraction of sp³-hybridized carbons (Fsp3) is 0.368. The van der Waals surface area contributed by atoms with E-state index in [1.54, 1.807) is 12.1 Å². The molecule has 0 aliphatic heterocycles. The van der Waals surface area contributed by atoms with Crippen LogP contribution in [0.15, 0.2) is 24.3 Å². The molecule has 0 radical (unpaired) electrons. The molecule has 0 saturated carbocycles. The molecule has 0 bridgehead atoms. The first-order chi connectivity index (χ1) is 12.6. The summed E-state index contributed by atoms with van der Waals surface area (Å²) in [6.07, 6.45) is 3.95. The van der Waals surface area contributed by atoms with Crippen LogP contribution in [0.3, 0.4) is 0 Å². The van der Waals surface area contributed by atoms with Crippen LogP contribution in [0.25, 0.3) is 0 Å². The molecule has 0 fully saturated rings.